The van der Waals surface area contributed by atoms with Gasteiger partial charge in [-0.2, -0.15) is 0 Å². The van der Waals surface area contributed by atoms with Gasteiger partial charge in [-0.25, -0.2) is 4.79 Å². The Balaban J connectivity index is 1.30. The Labute approximate surface area is 185 Å². The highest BCUT2D eigenvalue weighted by Gasteiger charge is 2.41. The van der Waals surface area contributed by atoms with Crippen LogP contribution in [0.5, 0.6) is 0 Å². The molecule has 4 heterocycles. The summed E-state index contributed by atoms with van der Waals surface area (Å²) in [6, 6.07) is 4.92. The first-order valence-electron chi connectivity index (χ1n) is 11.1. The molecule has 1 spiro atoms. The fourth-order valence-corrected chi connectivity index (χ4v) is 4.78. The maximum Gasteiger partial charge on any atom is 0.329 e. The zero-order valence-corrected chi connectivity index (χ0v) is 18.1. The molecule has 2 amide bonds. The zero-order chi connectivity index (χ0) is 22.3. The van der Waals surface area contributed by atoms with Gasteiger partial charge in [0.2, 0.25) is 11.8 Å². The molecule has 9 nitrogen and oxygen atoms in total. The van der Waals surface area contributed by atoms with Gasteiger partial charge in [0.05, 0.1) is 17.6 Å². The maximum absolute atomic E-state index is 12.8. The van der Waals surface area contributed by atoms with Crippen molar-refractivity contribution in [3.05, 3.63) is 34.2 Å². The van der Waals surface area contributed by atoms with Crippen LogP contribution in [-0.4, -0.2) is 70.8 Å². The van der Waals surface area contributed by atoms with Crippen LogP contribution < -0.4 is 16.3 Å². The lowest BCUT2D eigenvalue weighted by Crippen LogP contribution is -2.68. The third-order valence-electron chi connectivity index (χ3n) is 6.62. The molecule has 1 aromatic heterocycles. The minimum absolute atomic E-state index is 0.00279. The molecule has 5 rings (SSSR count). The van der Waals surface area contributed by atoms with Crippen LogP contribution in [0.25, 0.3) is 11.0 Å². The Bertz CT molecular complexity index is 1200. The molecule has 0 aliphatic carbocycles. The van der Waals surface area contributed by atoms with E-state index in [0.29, 0.717) is 11.9 Å². The van der Waals surface area contributed by atoms with Gasteiger partial charge in [0.25, 0.3) is 0 Å². The van der Waals surface area contributed by atoms with E-state index < -0.39 is 11.9 Å². The number of carbonyl (C=O) groups is 2. The van der Waals surface area contributed by atoms with Crippen molar-refractivity contribution in [1.29, 1.82) is 0 Å². The number of rotatable bonds is 3. The van der Waals surface area contributed by atoms with Crippen LogP contribution >= 0.6 is 0 Å². The number of nitrogens with zero attached hydrogens (tertiary/aromatic N) is 3. The van der Waals surface area contributed by atoms with Gasteiger partial charge in [-0.05, 0) is 24.6 Å². The van der Waals surface area contributed by atoms with Gasteiger partial charge in [0.1, 0.15) is 11.6 Å². The Morgan fingerprint density at radius 1 is 1.22 bits per heavy atom. The van der Waals surface area contributed by atoms with Gasteiger partial charge in [-0.1, -0.05) is 11.8 Å². The number of benzene rings is 1. The first kappa shape index (κ1) is 20.9. The topological polar surface area (TPSA) is 97.6 Å². The largest absolute Gasteiger partial charge is 0.370 e. The van der Waals surface area contributed by atoms with Crippen molar-refractivity contribution in [1.82, 2.24) is 24.7 Å². The molecule has 3 aliphatic heterocycles. The summed E-state index contributed by atoms with van der Waals surface area (Å²) in [4.78, 5) is 39.0. The summed E-state index contributed by atoms with van der Waals surface area (Å²) in [6.07, 6.45) is 1.31. The van der Waals surface area contributed by atoms with Gasteiger partial charge in [0.15, 0.2) is 0 Å². The maximum atomic E-state index is 12.8. The van der Waals surface area contributed by atoms with E-state index in [1.165, 1.54) is 9.13 Å². The molecule has 3 aliphatic rings. The second kappa shape index (κ2) is 8.20. The average Bonchev–Trinajstić information content (AvgIpc) is 3.00. The number of hydrogen-bond donors (Lipinski definition) is 2. The summed E-state index contributed by atoms with van der Waals surface area (Å²) in [5.74, 6) is 5.73. The van der Waals surface area contributed by atoms with Crippen molar-refractivity contribution < 1.29 is 14.3 Å². The van der Waals surface area contributed by atoms with E-state index in [0.717, 1.165) is 56.8 Å². The van der Waals surface area contributed by atoms with E-state index in [1.54, 1.807) is 7.05 Å². The third-order valence-corrected chi connectivity index (χ3v) is 6.62. The molecule has 2 aromatic rings. The Morgan fingerprint density at radius 3 is 2.81 bits per heavy atom. The van der Waals surface area contributed by atoms with Gasteiger partial charge in [-0.3, -0.25) is 28.9 Å². The van der Waals surface area contributed by atoms with Crippen molar-refractivity contribution in [3.63, 3.8) is 0 Å². The molecular weight excluding hydrogens is 410 g/mol. The van der Waals surface area contributed by atoms with E-state index in [4.69, 9.17) is 4.74 Å². The first-order valence-corrected chi connectivity index (χ1v) is 11.1. The monoisotopic (exact) mass is 437 g/mol. The number of aromatic nitrogens is 2. The second-order valence-corrected chi connectivity index (χ2v) is 8.84. The Hall–Kier alpha value is -2.93. The number of morpholine rings is 1. The van der Waals surface area contributed by atoms with Gasteiger partial charge < -0.3 is 10.1 Å². The van der Waals surface area contributed by atoms with Gasteiger partial charge in [-0.15, -0.1) is 0 Å². The van der Waals surface area contributed by atoms with E-state index in [2.05, 4.69) is 27.4 Å². The predicted octanol–water partition coefficient (Wildman–Crippen LogP) is -0.266. The Kier molecular flexibility index (Phi) is 5.37. The lowest BCUT2D eigenvalue weighted by atomic mass is 9.94. The minimum Gasteiger partial charge on any atom is -0.370 e. The third kappa shape index (κ3) is 3.75. The van der Waals surface area contributed by atoms with Crippen LogP contribution in [0.3, 0.4) is 0 Å². The number of hydrogen-bond acceptors (Lipinski definition) is 6. The standard InChI is InChI=1S/C23H27N5O4/c1-26-19-12-16(4-2-3-9-27-10-11-32-23(15-27)13-24-14-23)5-6-17(19)28(22(26)31)18-7-8-20(29)25-21(18)30/h5-6,12,18,24H,3,7-11,13-15H2,1H3,(H,25,29,30). The molecule has 0 radical (unpaired) electrons. The molecule has 1 atom stereocenters. The number of ether oxygens (including phenoxy) is 1. The van der Waals surface area contributed by atoms with Crippen molar-refractivity contribution in [3.8, 4) is 11.8 Å². The van der Waals surface area contributed by atoms with Crippen LogP contribution in [0, 0.1) is 11.8 Å². The molecule has 9 heteroatoms. The van der Waals surface area contributed by atoms with Crippen molar-refractivity contribution in [2.24, 2.45) is 7.05 Å². The molecule has 1 unspecified atom stereocenters. The number of aryl methyl sites for hydroxylation is 1. The van der Waals surface area contributed by atoms with Crippen LogP contribution in [0.1, 0.15) is 30.9 Å². The molecule has 3 fully saturated rings. The molecule has 168 valence electrons. The second-order valence-electron chi connectivity index (χ2n) is 8.84. The molecule has 3 saturated heterocycles. The number of fused-ring (bicyclic) bond motifs is 1. The molecule has 2 N–H and O–H groups in total. The molecular formula is C23H27N5O4. The van der Waals surface area contributed by atoms with E-state index in [1.807, 2.05) is 18.2 Å². The highest BCUT2D eigenvalue weighted by Crippen LogP contribution is 2.24. The predicted molar refractivity (Wildman–Crippen MR) is 118 cm³/mol. The number of imidazole rings is 1. The average molecular weight is 438 g/mol. The fraction of sp³-hybridized carbons (Fsp3) is 0.522. The lowest BCUT2D eigenvalue weighted by molar-refractivity contribution is -0.135. The van der Waals surface area contributed by atoms with Crippen molar-refractivity contribution in [2.75, 3.05) is 39.3 Å². The molecule has 1 aromatic carbocycles. The summed E-state index contributed by atoms with van der Waals surface area (Å²) in [5, 5.41) is 5.62. The van der Waals surface area contributed by atoms with Crippen LogP contribution in [-0.2, 0) is 21.4 Å². The molecule has 0 bridgehead atoms. The van der Waals surface area contributed by atoms with Gasteiger partial charge >= 0.3 is 5.69 Å². The van der Waals surface area contributed by atoms with Crippen molar-refractivity contribution in [2.45, 2.75) is 30.9 Å². The summed E-state index contributed by atoms with van der Waals surface area (Å²) in [7, 11) is 1.69. The normalized spacial score (nSPS) is 23.0. The lowest BCUT2D eigenvalue weighted by Gasteiger charge is -2.48. The zero-order valence-electron chi connectivity index (χ0n) is 18.1. The SMILES string of the molecule is Cn1c(=O)n(C2CCC(=O)NC2=O)c2ccc(C#CCCN3CCOC4(CNC4)C3)cc21. The number of imide groups is 1. The van der Waals surface area contributed by atoms with Crippen LogP contribution in [0.2, 0.25) is 0 Å². The van der Waals surface area contributed by atoms with E-state index >= 15 is 0 Å². The van der Waals surface area contributed by atoms with E-state index in [9.17, 15) is 14.4 Å². The first-order chi connectivity index (χ1) is 15.5. The molecule has 0 saturated carbocycles. The summed E-state index contributed by atoms with van der Waals surface area (Å²) in [5.41, 5.74) is 1.95. The van der Waals surface area contributed by atoms with Crippen molar-refractivity contribution >= 4 is 22.8 Å². The smallest absolute Gasteiger partial charge is 0.329 e. The van der Waals surface area contributed by atoms with E-state index in [-0.39, 0.29) is 23.6 Å². The highest BCUT2D eigenvalue weighted by molar-refractivity contribution is 6.00. The highest BCUT2D eigenvalue weighted by atomic mass is 16.5. The number of piperidine rings is 1. The van der Waals surface area contributed by atoms with Gasteiger partial charge in [0, 0.05) is 58.2 Å². The fourth-order valence-electron chi connectivity index (χ4n) is 4.78. The number of amides is 2. The quantitative estimate of drug-likeness (QED) is 0.507. The molecule has 32 heavy (non-hydrogen) atoms. The number of carbonyl (C=O) groups excluding carboxylic acids is 2. The summed E-state index contributed by atoms with van der Waals surface area (Å²) in [6.45, 7) is 5.41. The van der Waals surface area contributed by atoms with Crippen LogP contribution in [0.15, 0.2) is 23.0 Å². The summed E-state index contributed by atoms with van der Waals surface area (Å²) < 4.78 is 8.93. The Morgan fingerprint density at radius 2 is 2.06 bits per heavy atom. The minimum atomic E-state index is -0.677. The van der Waals surface area contributed by atoms with Crippen LogP contribution in [0.4, 0.5) is 0 Å². The summed E-state index contributed by atoms with van der Waals surface area (Å²) >= 11 is 0. The number of nitrogens with one attached hydrogen (secondary N) is 2.